The van der Waals surface area contributed by atoms with Crippen molar-refractivity contribution in [2.75, 3.05) is 7.11 Å². The lowest BCUT2D eigenvalue weighted by molar-refractivity contribution is 0.326. The van der Waals surface area contributed by atoms with Crippen molar-refractivity contribution in [3.05, 3.63) is 29.8 Å². The van der Waals surface area contributed by atoms with Crippen molar-refractivity contribution < 1.29 is 4.74 Å². The molecule has 4 atom stereocenters. The molecule has 0 N–H and O–H groups in total. The standard InChI is InChI=1S/C16H21BrO/c1-18-14-4-2-3-11(8-14)10-16(17)15-9-12-5-6-13(15)7-12/h2-4,8,12-13,15-16H,5-7,9-10H2,1H3. The molecule has 18 heavy (non-hydrogen) atoms. The third-order valence-corrected chi connectivity index (χ3v) is 5.83. The highest BCUT2D eigenvalue weighted by molar-refractivity contribution is 9.09. The maximum Gasteiger partial charge on any atom is 0.119 e. The number of hydrogen-bond acceptors (Lipinski definition) is 1. The molecule has 0 heterocycles. The molecule has 2 aliphatic carbocycles. The first-order chi connectivity index (χ1) is 8.76. The summed E-state index contributed by atoms with van der Waals surface area (Å²) in [5.41, 5.74) is 1.39. The highest BCUT2D eigenvalue weighted by Gasteiger charge is 2.42. The maximum atomic E-state index is 5.30. The van der Waals surface area contributed by atoms with Crippen LogP contribution < -0.4 is 4.74 Å². The summed E-state index contributed by atoms with van der Waals surface area (Å²) >= 11 is 3.95. The zero-order valence-electron chi connectivity index (χ0n) is 10.9. The molecule has 1 aromatic carbocycles. The summed E-state index contributed by atoms with van der Waals surface area (Å²) in [5.74, 6) is 3.89. The van der Waals surface area contributed by atoms with Crippen LogP contribution >= 0.6 is 15.9 Å². The van der Waals surface area contributed by atoms with E-state index in [0.29, 0.717) is 4.83 Å². The number of fused-ring (bicyclic) bond motifs is 2. The van der Waals surface area contributed by atoms with Crippen molar-refractivity contribution >= 4 is 15.9 Å². The van der Waals surface area contributed by atoms with Gasteiger partial charge < -0.3 is 4.74 Å². The molecule has 2 aliphatic rings. The van der Waals surface area contributed by atoms with E-state index in [1.807, 2.05) is 6.07 Å². The lowest BCUT2D eigenvalue weighted by atomic mass is 9.84. The Morgan fingerprint density at radius 3 is 2.89 bits per heavy atom. The minimum atomic E-state index is 0.639. The summed E-state index contributed by atoms with van der Waals surface area (Å²) in [7, 11) is 1.74. The zero-order chi connectivity index (χ0) is 12.5. The molecule has 0 spiro atoms. The molecule has 2 bridgehead atoms. The number of methoxy groups -OCH3 is 1. The second-order valence-electron chi connectivity index (χ2n) is 5.91. The van der Waals surface area contributed by atoms with Gasteiger partial charge in [0.15, 0.2) is 0 Å². The van der Waals surface area contributed by atoms with Gasteiger partial charge in [-0.3, -0.25) is 0 Å². The van der Waals surface area contributed by atoms with E-state index >= 15 is 0 Å². The average molecular weight is 309 g/mol. The zero-order valence-corrected chi connectivity index (χ0v) is 12.5. The summed E-state index contributed by atoms with van der Waals surface area (Å²) < 4.78 is 5.30. The van der Waals surface area contributed by atoms with E-state index in [0.717, 1.165) is 29.9 Å². The molecular weight excluding hydrogens is 288 g/mol. The molecule has 2 saturated carbocycles. The third-order valence-electron chi connectivity index (χ3n) is 4.82. The normalized spacial score (nSPS) is 31.6. The van der Waals surface area contributed by atoms with Crippen LogP contribution in [0.5, 0.6) is 5.75 Å². The average Bonchev–Trinajstić information content (AvgIpc) is 3.01. The molecule has 0 aliphatic heterocycles. The van der Waals surface area contributed by atoms with Gasteiger partial charge in [0.1, 0.15) is 5.75 Å². The first-order valence-electron chi connectivity index (χ1n) is 7.03. The van der Waals surface area contributed by atoms with Crippen LogP contribution in [0, 0.1) is 17.8 Å². The van der Waals surface area contributed by atoms with Crippen LogP contribution in [-0.2, 0) is 6.42 Å². The Bertz CT molecular complexity index is 417. The van der Waals surface area contributed by atoms with E-state index < -0.39 is 0 Å². The molecule has 2 heteroatoms. The second-order valence-corrected chi connectivity index (χ2v) is 7.09. The molecule has 1 aromatic rings. The number of rotatable bonds is 4. The molecule has 3 rings (SSSR count). The van der Waals surface area contributed by atoms with Gasteiger partial charge in [0.2, 0.25) is 0 Å². The van der Waals surface area contributed by atoms with E-state index in [9.17, 15) is 0 Å². The Kier molecular flexibility index (Phi) is 3.65. The topological polar surface area (TPSA) is 9.23 Å². The maximum absolute atomic E-state index is 5.30. The van der Waals surface area contributed by atoms with Crippen LogP contribution in [0.15, 0.2) is 24.3 Å². The van der Waals surface area contributed by atoms with Gasteiger partial charge in [0, 0.05) is 4.83 Å². The largest absolute Gasteiger partial charge is 0.497 e. The number of halogens is 1. The Labute approximate surface area is 118 Å². The van der Waals surface area contributed by atoms with Gasteiger partial charge in [-0.1, -0.05) is 34.5 Å². The third kappa shape index (κ3) is 2.45. The molecule has 0 aromatic heterocycles. The fourth-order valence-electron chi connectivity index (χ4n) is 3.91. The van der Waals surface area contributed by atoms with Gasteiger partial charge in [0.25, 0.3) is 0 Å². The quantitative estimate of drug-likeness (QED) is 0.747. The SMILES string of the molecule is COc1cccc(CC(Br)C2CC3CCC2C3)c1. The van der Waals surface area contributed by atoms with Gasteiger partial charge in [-0.15, -0.1) is 0 Å². The molecule has 0 saturated heterocycles. The Morgan fingerprint density at radius 1 is 1.33 bits per heavy atom. The van der Waals surface area contributed by atoms with Crippen molar-refractivity contribution in [3.63, 3.8) is 0 Å². The minimum Gasteiger partial charge on any atom is -0.497 e. The fourth-order valence-corrected chi connectivity index (χ4v) is 4.93. The summed E-state index contributed by atoms with van der Waals surface area (Å²) in [6.45, 7) is 0. The van der Waals surface area contributed by atoms with Crippen LogP contribution in [0.1, 0.15) is 31.2 Å². The number of hydrogen-bond donors (Lipinski definition) is 0. The van der Waals surface area contributed by atoms with Gasteiger partial charge in [-0.25, -0.2) is 0 Å². The Balaban J connectivity index is 1.65. The van der Waals surface area contributed by atoms with Crippen molar-refractivity contribution in [2.24, 2.45) is 17.8 Å². The van der Waals surface area contributed by atoms with Crippen LogP contribution in [0.25, 0.3) is 0 Å². The number of alkyl halides is 1. The predicted octanol–water partition coefficient (Wildman–Crippen LogP) is 4.44. The van der Waals surface area contributed by atoms with Crippen LogP contribution in [-0.4, -0.2) is 11.9 Å². The lowest BCUT2D eigenvalue weighted by Gasteiger charge is -2.26. The molecule has 98 valence electrons. The van der Waals surface area contributed by atoms with Gasteiger partial charge in [-0.05, 0) is 61.1 Å². The van der Waals surface area contributed by atoms with Gasteiger partial charge in [-0.2, -0.15) is 0 Å². The van der Waals surface area contributed by atoms with E-state index in [4.69, 9.17) is 4.74 Å². The second kappa shape index (κ2) is 5.24. The molecule has 4 unspecified atom stereocenters. The van der Waals surface area contributed by atoms with Crippen molar-refractivity contribution in [1.29, 1.82) is 0 Å². The monoisotopic (exact) mass is 308 g/mol. The molecule has 1 nitrogen and oxygen atoms in total. The highest BCUT2D eigenvalue weighted by atomic mass is 79.9. The van der Waals surface area contributed by atoms with E-state index in [1.54, 1.807) is 7.11 Å². The molecule has 0 radical (unpaired) electrons. The fraction of sp³-hybridized carbons (Fsp3) is 0.625. The number of benzene rings is 1. The van der Waals surface area contributed by atoms with Crippen LogP contribution in [0.3, 0.4) is 0 Å². The van der Waals surface area contributed by atoms with Gasteiger partial charge in [0.05, 0.1) is 7.11 Å². The molecular formula is C16H21BrO. The van der Waals surface area contributed by atoms with Gasteiger partial charge >= 0.3 is 0 Å². The lowest BCUT2D eigenvalue weighted by Crippen LogP contribution is -2.22. The van der Waals surface area contributed by atoms with E-state index in [1.165, 1.54) is 31.2 Å². The number of ether oxygens (including phenoxy) is 1. The first-order valence-corrected chi connectivity index (χ1v) is 7.95. The van der Waals surface area contributed by atoms with E-state index in [2.05, 4.69) is 34.1 Å². The summed E-state index contributed by atoms with van der Waals surface area (Å²) in [5, 5.41) is 0. The minimum absolute atomic E-state index is 0.639. The molecule has 0 amide bonds. The smallest absolute Gasteiger partial charge is 0.119 e. The molecule has 2 fully saturated rings. The summed E-state index contributed by atoms with van der Waals surface area (Å²) in [6.07, 6.45) is 7.02. The predicted molar refractivity (Wildman–Crippen MR) is 78.4 cm³/mol. The van der Waals surface area contributed by atoms with E-state index in [-0.39, 0.29) is 0 Å². The summed E-state index contributed by atoms with van der Waals surface area (Å²) in [4.78, 5) is 0.639. The van der Waals surface area contributed by atoms with Crippen LogP contribution in [0.4, 0.5) is 0 Å². The van der Waals surface area contributed by atoms with Crippen molar-refractivity contribution in [3.8, 4) is 5.75 Å². The summed E-state index contributed by atoms with van der Waals surface area (Å²) in [6, 6.07) is 8.49. The Morgan fingerprint density at radius 2 is 2.22 bits per heavy atom. The highest BCUT2D eigenvalue weighted by Crippen LogP contribution is 2.51. The first kappa shape index (κ1) is 12.5. The van der Waals surface area contributed by atoms with Crippen LogP contribution in [0.2, 0.25) is 0 Å². The van der Waals surface area contributed by atoms with Crippen molar-refractivity contribution in [2.45, 2.75) is 36.9 Å². The Hall–Kier alpha value is -0.500. The van der Waals surface area contributed by atoms with Crippen molar-refractivity contribution in [1.82, 2.24) is 0 Å².